The van der Waals surface area contributed by atoms with Crippen LogP contribution in [0.4, 0.5) is 0 Å². The number of carbonyl (C=O) groups is 1. The minimum Gasteiger partial charge on any atom is -0.370 e. The van der Waals surface area contributed by atoms with E-state index >= 15 is 0 Å². The Bertz CT molecular complexity index is 346. The van der Waals surface area contributed by atoms with Crippen molar-refractivity contribution < 1.29 is 4.79 Å². The van der Waals surface area contributed by atoms with Crippen LogP contribution in [0.2, 0.25) is 0 Å². The zero-order chi connectivity index (χ0) is 12.1. The second-order valence-electron chi connectivity index (χ2n) is 4.37. The fourth-order valence-electron chi connectivity index (χ4n) is 1.42. The van der Waals surface area contributed by atoms with Crippen molar-refractivity contribution in [2.24, 2.45) is 5.73 Å². The number of aromatic nitrogens is 2. The molecule has 1 atom stereocenters. The zero-order valence-electron chi connectivity index (χ0n) is 10.1. The van der Waals surface area contributed by atoms with Crippen molar-refractivity contribution in [1.29, 1.82) is 0 Å². The molecule has 0 aliphatic carbocycles. The van der Waals surface area contributed by atoms with Gasteiger partial charge in [-0.25, -0.2) is 0 Å². The average molecular weight is 224 g/mol. The summed E-state index contributed by atoms with van der Waals surface area (Å²) in [6.07, 6.45) is 4.21. The van der Waals surface area contributed by atoms with Gasteiger partial charge in [-0.15, -0.1) is 0 Å². The van der Waals surface area contributed by atoms with E-state index in [0.717, 1.165) is 5.56 Å². The molecule has 0 aliphatic heterocycles. The van der Waals surface area contributed by atoms with E-state index in [-0.39, 0.29) is 11.9 Å². The van der Waals surface area contributed by atoms with Crippen molar-refractivity contribution in [3.8, 4) is 0 Å². The highest BCUT2D eigenvalue weighted by atomic mass is 16.1. The number of nitrogens with zero attached hydrogens (tertiary/aromatic N) is 2. The predicted octanol–water partition coefficient (Wildman–Crippen LogP) is 0.817. The van der Waals surface area contributed by atoms with Gasteiger partial charge < -0.3 is 11.1 Å². The molecule has 0 aromatic carbocycles. The molecule has 0 fully saturated rings. The highest BCUT2D eigenvalue weighted by molar-refractivity contribution is 5.74. The molecular weight excluding hydrogens is 204 g/mol. The lowest BCUT2D eigenvalue weighted by Crippen LogP contribution is -2.30. The molecule has 0 bridgehead atoms. The number of nitrogens with two attached hydrogens (primary N) is 1. The average Bonchev–Trinajstić information content (AvgIpc) is 2.61. The van der Waals surface area contributed by atoms with Gasteiger partial charge >= 0.3 is 0 Å². The fraction of sp³-hybridized carbons (Fsp3) is 0.636. The number of primary amides is 1. The second-order valence-corrected chi connectivity index (χ2v) is 4.37. The van der Waals surface area contributed by atoms with E-state index in [1.165, 1.54) is 0 Å². The Morgan fingerprint density at radius 3 is 2.75 bits per heavy atom. The number of rotatable bonds is 6. The molecule has 1 unspecified atom stereocenters. The molecule has 1 aromatic rings. The molecule has 90 valence electrons. The van der Waals surface area contributed by atoms with E-state index < -0.39 is 0 Å². The largest absolute Gasteiger partial charge is 0.370 e. The summed E-state index contributed by atoms with van der Waals surface area (Å²) in [7, 11) is 0. The van der Waals surface area contributed by atoms with Crippen LogP contribution in [-0.2, 0) is 11.3 Å². The van der Waals surface area contributed by atoms with Crippen molar-refractivity contribution in [2.45, 2.75) is 45.8 Å². The lowest BCUT2D eigenvalue weighted by molar-refractivity contribution is -0.118. The molecule has 1 heterocycles. The van der Waals surface area contributed by atoms with Crippen molar-refractivity contribution >= 4 is 5.91 Å². The Labute approximate surface area is 96.0 Å². The van der Waals surface area contributed by atoms with Gasteiger partial charge in [0.05, 0.1) is 6.20 Å². The van der Waals surface area contributed by atoms with E-state index in [2.05, 4.69) is 24.3 Å². The van der Waals surface area contributed by atoms with Crippen LogP contribution in [0, 0.1) is 0 Å². The van der Waals surface area contributed by atoms with Gasteiger partial charge in [0.25, 0.3) is 0 Å². The summed E-state index contributed by atoms with van der Waals surface area (Å²) in [5.74, 6) is -0.280. The summed E-state index contributed by atoms with van der Waals surface area (Å²) in [5, 5.41) is 7.47. The minimum absolute atomic E-state index is 0.0971. The summed E-state index contributed by atoms with van der Waals surface area (Å²) in [4.78, 5) is 10.7. The lowest BCUT2D eigenvalue weighted by Gasteiger charge is -2.10. The van der Waals surface area contributed by atoms with Crippen molar-refractivity contribution in [3.05, 3.63) is 18.0 Å². The van der Waals surface area contributed by atoms with Crippen LogP contribution in [-0.4, -0.2) is 21.7 Å². The Hall–Kier alpha value is -1.36. The Kier molecular flexibility index (Phi) is 4.49. The van der Waals surface area contributed by atoms with Gasteiger partial charge in [0.15, 0.2) is 0 Å². The van der Waals surface area contributed by atoms with Gasteiger partial charge in [-0.2, -0.15) is 5.10 Å². The number of amides is 1. The summed E-state index contributed by atoms with van der Waals surface area (Å²) in [6, 6.07) is 0.469. The number of hydrogen-bond donors (Lipinski definition) is 2. The smallest absolute Gasteiger partial charge is 0.218 e. The first-order valence-corrected chi connectivity index (χ1v) is 5.53. The number of carbonyl (C=O) groups excluding carboxylic acids is 1. The molecule has 0 saturated carbocycles. The Morgan fingerprint density at radius 2 is 2.25 bits per heavy atom. The highest BCUT2D eigenvalue weighted by Gasteiger charge is 2.06. The quantitative estimate of drug-likeness (QED) is 0.751. The maximum Gasteiger partial charge on any atom is 0.218 e. The molecule has 0 saturated heterocycles. The minimum atomic E-state index is -0.280. The summed E-state index contributed by atoms with van der Waals surface area (Å²) in [5.41, 5.74) is 6.23. The van der Waals surface area contributed by atoms with E-state index in [9.17, 15) is 4.79 Å². The van der Waals surface area contributed by atoms with Crippen molar-refractivity contribution in [1.82, 2.24) is 15.1 Å². The lowest BCUT2D eigenvalue weighted by atomic mass is 10.2. The Balaban J connectivity index is 2.39. The van der Waals surface area contributed by atoms with Gasteiger partial charge in [0.1, 0.15) is 0 Å². The number of hydrogen-bond acceptors (Lipinski definition) is 3. The summed E-state index contributed by atoms with van der Waals surface area (Å²) < 4.78 is 1.91. The molecule has 0 aliphatic rings. The first kappa shape index (κ1) is 12.7. The molecule has 3 N–H and O–H groups in total. The third kappa shape index (κ3) is 4.02. The maximum absolute atomic E-state index is 10.7. The molecule has 0 spiro atoms. The van der Waals surface area contributed by atoms with Crippen molar-refractivity contribution in [2.75, 3.05) is 0 Å². The van der Waals surface area contributed by atoms with Crippen LogP contribution < -0.4 is 11.1 Å². The van der Waals surface area contributed by atoms with Crippen molar-refractivity contribution in [3.63, 3.8) is 0 Å². The second kappa shape index (κ2) is 5.65. The molecular formula is C11H20N4O. The van der Waals surface area contributed by atoms with Gasteiger partial charge in [-0.05, 0) is 20.8 Å². The van der Waals surface area contributed by atoms with Crippen LogP contribution in [0.1, 0.15) is 38.8 Å². The fourth-order valence-corrected chi connectivity index (χ4v) is 1.42. The van der Waals surface area contributed by atoms with Gasteiger partial charge in [0, 0.05) is 36.8 Å². The third-order valence-corrected chi connectivity index (χ3v) is 2.35. The van der Waals surface area contributed by atoms with Crippen LogP contribution in [0.25, 0.3) is 0 Å². The monoisotopic (exact) mass is 224 g/mol. The first-order chi connectivity index (χ1) is 7.49. The van der Waals surface area contributed by atoms with E-state index in [1.807, 2.05) is 24.0 Å². The van der Waals surface area contributed by atoms with Crippen LogP contribution >= 0.6 is 0 Å². The zero-order valence-corrected chi connectivity index (χ0v) is 10.1. The van der Waals surface area contributed by atoms with E-state index in [1.54, 1.807) is 0 Å². The molecule has 0 radical (unpaired) electrons. The highest BCUT2D eigenvalue weighted by Crippen LogP contribution is 2.05. The predicted molar refractivity (Wildman–Crippen MR) is 62.7 cm³/mol. The molecule has 1 amide bonds. The maximum atomic E-state index is 10.7. The van der Waals surface area contributed by atoms with Crippen LogP contribution in [0.15, 0.2) is 12.4 Å². The van der Waals surface area contributed by atoms with E-state index in [0.29, 0.717) is 19.0 Å². The van der Waals surface area contributed by atoms with E-state index in [4.69, 9.17) is 5.73 Å². The molecule has 5 heteroatoms. The van der Waals surface area contributed by atoms with Gasteiger partial charge in [-0.1, -0.05) is 0 Å². The first-order valence-electron chi connectivity index (χ1n) is 5.53. The number of nitrogens with one attached hydrogen (secondary N) is 1. The topological polar surface area (TPSA) is 72.9 Å². The SMILES string of the molecule is CC(CC(N)=O)NCc1cnn(C(C)C)c1. The molecule has 1 rings (SSSR count). The van der Waals surface area contributed by atoms with Crippen LogP contribution in [0.5, 0.6) is 0 Å². The summed E-state index contributed by atoms with van der Waals surface area (Å²) >= 11 is 0. The van der Waals surface area contributed by atoms with Gasteiger partial charge in [0.2, 0.25) is 5.91 Å². The molecule has 16 heavy (non-hydrogen) atoms. The standard InChI is InChI=1S/C11H20N4O/c1-8(2)15-7-10(6-14-15)5-13-9(3)4-11(12)16/h6-9,13H,4-5H2,1-3H3,(H2,12,16). The van der Waals surface area contributed by atoms with Gasteiger partial charge in [-0.3, -0.25) is 9.48 Å². The van der Waals surface area contributed by atoms with Crippen LogP contribution in [0.3, 0.4) is 0 Å². The third-order valence-electron chi connectivity index (χ3n) is 2.35. The Morgan fingerprint density at radius 1 is 1.56 bits per heavy atom. The molecule has 5 nitrogen and oxygen atoms in total. The normalized spacial score (nSPS) is 13.0. The summed E-state index contributed by atoms with van der Waals surface area (Å²) in [6.45, 7) is 6.82. The molecule has 1 aromatic heterocycles.